The normalized spacial score (nSPS) is 13.4. The Kier molecular flexibility index (Phi) is 5.41. The van der Waals surface area contributed by atoms with Gasteiger partial charge in [-0.3, -0.25) is 4.79 Å². The number of hydrogen-bond donors (Lipinski definition) is 2. The maximum atomic E-state index is 11.9. The molecule has 2 atom stereocenters. The van der Waals surface area contributed by atoms with E-state index >= 15 is 0 Å². The second-order valence-electron chi connectivity index (χ2n) is 4.40. The van der Waals surface area contributed by atoms with Crippen LogP contribution in [-0.2, 0) is 4.79 Å². The van der Waals surface area contributed by atoms with Gasteiger partial charge in [-0.15, -0.1) is 6.42 Å². The average molecular weight is 244 g/mol. The minimum atomic E-state index is -0.668. The molecule has 0 aliphatic heterocycles. The Morgan fingerprint density at radius 3 is 2.56 bits per heavy atom. The van der Waals surface area contributed by atoms with Crippen LogP contribution in [0.4, 0.5) is 0 Å². The van der Waals surface area contributed by atoms with E-state index in [9.17, 15) is 4.79 Å². The Morgan fingerprint density at radius 1 is 1.44 bits per heavy atom. The summed E-state index contributed by atoms with van der Waals surface area (Å²) in [4.78, 5) is 11.9. The molecule has 0 saturated carbocycles. The van der Waals surface area contributed by atoms with Crippen LogP contribution in [0.15, 0.2) is 24.3 Å². The topological polar surface area (TPSA) is 55.1 Å². The molecule has 96 valence electrons. The third-order valence-corrected chi connectivity index (χ3v) is 2.81. The van der Waals surface area contributed by atoms with Gasteiger partial charge in [0, 0.05) is 0 Å². The van der Waals surface area contributed by atoms with Crippen molar-refractivity contribution in [2.45, 2.75) is 38.8 Å². The second kappa shape index (κ2) is 6.83. The molecule has 0 saturated heterocycles. The Morgan fingerprint density at radius 2 is 2.06 bits per heavy atom. The summed E-state index contributed by atoms with van der Waals surface area (Å²) in [5.74, 6) is 2.34. The van der Waals surface area contributed by atoms with Crippen molar-refractivity contribution in [1.82, 2.24) is 5.32 Å². The summed E-state index contributed by atoms with van der Waals surface area (Å²) in [5.41, 5.74) is 7.84. The van der Waals surface area contributed by atoms with Crippen molar-refractivity contribution in [1.29, 1.82) is 0 Å². The number of amides is 1. The van der Waals surface area contributed by atoms with E-state index in [2.05, 4.69) is 11.2 Å². The van der Waals surface area contributed by atoms with Crippen molar-refractivity contribution in [3.8, 4) is 12.3 Å². The predicted octanol–water partition coefficient (Wildman–Crippen LogP) is 1.91. The minimum absolute atomic E-state index is 0.227. The van der Waals surface area contributed by atoms with Gasteiger partial charge in [-0.05, 0) is 18.9 Å². The van der Waals surface area contributed by atoms with E-state index in [0.717, 1.165) is 24.0 Å². The van der Waals surface area contributed by atoms with Crippen LogP contribution >= 0.6 is 0 Å². The predicted molar refractivity (Wildman–Crippen MR) is 73.8 cm³/mol. The fourth-order valence-corrected chi connectivity index (χ4v) is 1.67. The highest BCUT2D eigenvalue weighted by molar-refractivity contribution is 5.83. The fourth-order valence-electron chi connectivity index (χ4n) is 1.67. The smallest absolute Gasteiger partial charge is 0.242 e. The number of benzene rings is 1. The van der Waals surface area contributed by atoms with Gasteiger partial charge in [-0.2, -0.15) is 0 Å². The lowest BCUT2D eigenvalue weighted by Gasteiger charge is -2.16. The van der Waals surface area contributed by atoms with E-state index in [1.807, 2.05) is 38.1 Å². The number of nitrogens with one attached hydrogen (secondary N) is 1. The third kappa shape index (κ3) is 3.90. The summed E-state index contributed by atoms with van der Waals surface area (Å²) in [7, 11) is 0. The summed E-state index contributed by atoms with van der Waals surface area (Å²) >= 11 is 0. The molecule has 0 fully saturated rings. The zero-order valence-electron chi connectivity index (χ0n) is 10.9. The molecule has 0 aliphatic carbocycles. The molecule has 1 rings (SSSR count). The highest BCUT2D eigenvalue weighted by Crippen LogP contribution is 2.12. The van der Waals surface area contributed by atoms with Gasteiger partial charge in [-0.1, -0.05) is 49.1 Å². The molecule has 2 unspecified atom stereocenters. The molecule has 0 spiro atoms. The summed E-state index contributed by atoms with van der Waals surface area (Å²) in [5, 5.41) is 2.78. The van der Waals surface area contributed by atoms with Gasteiger partial charge in [0.05, 0.1) is 6.04 Å². The lowest BCUT2D eigenvalue weighted by Crippen LogP contribution is -2.40. The van der Waals surface area contributed by atoms with Crippen molar-refractivity contribution in [3.05, 3.63) is 35.4 Å². The summed E-state index contributed by atoms with van der Waals surface area (Å²) in [6, 6.07) is 6.70. The van der Waals surface area contributed by atoms with Crippen LogP contribution in [0.3, 0.4) is 0 Å². The molecule has 18 heavy (non-hydrogen) atoms. The molecule has 1 amide bonds. The Balaban J connectivity index is 2.66. The number of carbonyl (C=O) groups is 1. The first-order valence-corrected chi connectivity index (χ1v) is 6.17. The lowest BCUT2D eigenvalue weighted by atomic mass is 10.0. The minimum Gasteiger partial charge on any atom is -0.341 e. The van der Waals surface area contributed by atoms with Gasteiger partial charge in [0.25, 0.3) is 0 Å². The zero-order chi connectivity index (χ0) is 13.5. The van der Waals surface area contributed by atoms with Crippen LogP contribution in [0.1, 0.15) is 36.9 Å². The molecule has 0 heterocycles. The number of nitrogens with two attached hydrogens (primary N) is 1. The van der Waals surface area contributed by atoms with Crippen LogP contribution in [0.2, 0.25) is 0 Å². The Hall–Kier alpha value is -1.79. The van der Waals surface area contributed by atoms with Gasteiger partial charge in [-0.25, -0.2) is 0 Å². The first-order valence-electron chi connectivity index (χ1n) is 6.17. The van der Waals surface area contributed by atoms with Crippen molar-refractivity contribution >= 4 is 5.91 Å². The van der Waals surface area contributed by atoms with Gasteiger partial charge in [0.2, 0.25) is 5.91 Å². The maximum absolute atomic E-state index is 11.9. The van der Waals surface area contributed by atoms with Crippen molar-refractivity contribution in [2.75, 3.05) is 0 Å². The van der Waals surface area contributed by atoms with E-state index in [1.165, 1.54) is 0 Å². The molecule has 3 N–H and O–H groups in total. The molecular formula is C15H20N2O. The molecule has 1 aromatic carbocycles. The van der Waals surface area contributed by atoms with E-state index < -0.39 is 6.04 Å². The monoisotopic (exact) mass is 244 g/mol. The highest BCUT2D eigenvalue weighted by atomic mass is 16.2. The summed E-state index contributed by atoms with van der Waals surface area (Å²) < 4.78 is 0. The molecule has 0 aromatic heterocycles. The molecule has 1 aromatic rings. The molecule has 3 nitrogen and oxygen atoms in total. The van der Waals surface area contributed by atoms with Gasteiger partial charge < -0.3 is 11.1 Å². The second-order valence-corrected chi connectivity index (χ2v) is 4.40. The first-order chi connectivity index (χ1) is 8.58. The molecule has 0 radical (unpaired) electrons. The largest absolute Gasteiger partial charge is 0.341 e. The quantitative estimate of drug-likeness (QED) is 0.777. The van der Waals surface area contributed by atoms with Gasteiger partial charge in [0.1, 0.15) is 6.04 Å². The van der Waals surface area contributed by atoms with Crippen molar-refractivity contribution in [2.24, 2.45) is 5.73 Å². The molecular weight excluding hydrogens is 224 g/mol. The zero-order valence-corrected chi connectivity index (χ0v) is 10.9. The fraction of sp³-hybridized carbons (Fsp3) is 0.400. The number of aryl methyl sites for hydroxylation is 1. The van der Waals surface area contributed by atoms with Gasteiger partial charge >= 0.3 is 0 Å². The van der Waals surface area contributed by atoms with Crippen molar-refractivity contribution in [3.63, 3.8) is 0 Å². The van der Waals surface area contributed by atoms with Gasteiger partial charge in [0.15, 0.2) is 0 Å². The van der Waals surface area contributed by atoms with Crippen LogP contribution in [0.5, 0.6) is 0 Å². The van der Waals surface area contributed by atoms with Crippen LogP contribution in [0, 0.1) is 19.3 Å². The van der Waals surface area contributed by atoms with Crippen LogP contribution in [-0.4, -0.2) is 11.9 Å². The van der Waals surface area contributed by atoms with Crippen LogP contribution < -0.4 is 11.1 Å². The van der Waals surface area contributed by atoms with E-state index in [4.69, 9.17) is 12.2 Å². The van der Waals surface area contributed by atoms with E-state index in [0.29, 0.717) is 0 Å². The average Bonchev–Trinajstić information content (AvgIpc) is 2.38. The van der Waals surface area contributed by atoms with E-state index in [1.54, 1.807) is 0 Å². The number of hydrogen-bond acceptors (Lipinski definition) is 2. The standard InChI is InChI=1S/C15H20N2O/c1-4-6-13(5-2)17-15(18)14(16)12-9-7-11(3)8-10-12/h2,7-10,13-14H,4,6,16H2,1,3H3,(H,17,18). The summed E-state index contributed by atoms with van der Waals surface area (Å²) in [6.07, 6.45) is 7.05. The third-order valence-electron chi connectivity index (χ3n) is 2.81. The first kappa shape index (κ1) is 14.3. The SMILES string of the molecule is C#CC(CCC)NC(=O)C(N)c1ccc(C)cc1. The highest BCUT2D eigenvalue weighted by Gasteiger charge is 2.17. The number of carbonyl (C=O) groups excluding carboxylic acids is 1. The summed E-state index contributed by atoms with van der Waals surface area (Å²) in [6.45, 7) is 4.02. The molecule has 0 bridgehead atoms. The number of terminal acetylenes is 1. The molecule has 3 heteroatoms. The van der Waals surface area contributed by atoms with Crippen molar-refractivity contribution < 1.29 is 4.79 Å². The maximum Gasteiger partial charge on any atom is 0.242 e. The number of rotatable bonds is 5. The lowest BCUT2D eigenvalue weighted by molar-refractivity contribution is -0.122. The Bertz CT molecular complexity index is 431. The van der Waals surface area contributed by atoms with Crippen LogP contribution in [0.25, 0.3) is 0 Å². The Labute approximate surface area is 109 Å². The van der Waals surface area contributed by atoms with E-state index in [-0.39, 0.29) is 11.9 Å². The molecule has 0 aliphatic rings.